The van der Waals surface area contributed by atoms with Gasteiger partial charge in [-0.25, -0.2) is 0 Å². The molecular formula is C12H14N4OS2. The highest BCUT2D eigenvalue weighted by Gasteiger charge is 2.14. The molecule has 2 aromatic heterocycles. The topological polar surface area (TPSA) is 73.8 Å². The number of aromatic nitrogens is 3. The maximum absolute atomic E-state index is 10.8. The van der Waals surface area contributed by atoms with Crippen LogP contribution in [0.15, 0.2) is 29.3 Å². The van der Waals surface area contributed by atoms with Crippen molar-refractivity contribution in [2.75, 3.05) is 5.75 Å². The number of hydrogen-bond donors (Lipinski definition) is 1. The van der Waals surface area contributed by atoms with Crippen molar-refractivity contribution >= 4 is 29.0 Å². The molecule has 0 unspecified atom stereocenters. The first kappa shape index (κ1) is 13.8. The van der Waals surface area contributed by atoms with Crippen molar-refractivity contribution in [1.82, 2.24) is 14.8 Å². The van der Waals surface area contributed by atoms with Crippen LogP contribution in [0.4, 0.5) is 0 Å². The lowest BCUT2D eigenvalue weighted by molar-refractivity contribution is -0.115. The minimum absolute atomic E-state index is 0.192. The van der Waals surface area contributed by atoms with Crippen LogP contribution >= 0.6 is 23.1 Å². The average Bonchev–Trinajstić information content (AvgIpc) is 2.94. The molecule has 2 rings (SSSR count). The van der Waals surface area contributed by atoms with Gasteiger partial charge < -0.3 is 5.73 Å². The summed E-state index contributed by atoms with van der Waals surface area (Å²) in [5, 5.41) is 11.0. The number of primary amides is 1. The smallest absolute Gasteiger partial charge is 0.227 e. The Bertz CT molecular complexity index is 603. The van der Waals surface area contributed by atoms with E-state index in [0.717, 1.165) is 11.4 Å². The molecule has 0 saturated heterocycles. The summed E-state index contributed by atoms with van der Waals surface area (Å²) in [5.74, 6) is 0.611. The maximum atomic E-state index is 10.8. The highest BCUT2D eigenvalue weighted by molar-refractivity contribution is 7.99. The monoisotopic (exact) mass is 294 g/mol. The summed E-state index contributed by atoms with van der Waals surface area (Å²) in [5.41, 5.74) is 6.18. The van der Waals surface area contributed by atoms with Crippen molar-refractivity contribution in [3.05, 3.63) is 29.0 Å². The molecule has 19 heavy (non-hydrogen) atoms. The first-order valence-corrected chi connectivity index (χ1v) is 7.49. The minimum atomic E-state index is -0.369. The largest absolute Gasteiger partial charge is 0.369 e. The number of aryl methyl sites for hydroxylation is 1. The van der Waals surface area contributed by atoms with Gasteiger partial charge in [0, 0.05) is 22.4 Å². The summed E-state index contributed by atoms with van der Waals surface area (Å²) < 4.78 is 1.93. The van der Waals surface area contributed by atoms with Crippen molar-refractivity contribution in [2.45, 2.75) is 18.6 Å². The van der Waals surface area contributed by atoms with E-state index in [-0.39, 0.29) is 11.7 Å². The zero-order valence-corrected chi connectivity index (χ0v) is 12.1. The lowest BCUT2D eigenvalue weighted by Gasteiger charge is -2.05. The molecule has 0 saturated carbocycles. The molecule has 1 amide bonds. The summed E-state index contributed by atoms with van der Waals surface area (Å²) >= 11 is 2.95. The van der Waals surface area contributed by atoms with Crippen LogP contribution < -0.4 is 5.73 Å². The van der Waals surface area contributed by atoms with E-state index in [0.29, 0.717) is 11.7 Å². The van der Waals surface area contributed by atoms with E-state index in [1.807, 2.05) is 16.9 Å². The van der Waals surface area contributed by atoms with Crippen LogP contribution in [0, 0.1) is 6.92 Å². The Hall–Kier alpha value is -1.60. The average molecular weight is 294 g/mol. The zero-order chi connectivity index (χ0) is 13.8. The lowest BCUT2D eigenvalue weighted by atomic mass is 10.3. The second kappa shape index (κ2) is 6.03. The molecule has 7 heteroatoms. The number of nitrogens with two attached hydrogens (primary N) is 1. The van der Waals surface area contributed by atoms with E-state index in [1.54, 1.807) is 17.4 Å². The van der Waals surface area contributed by atoms with Crippen molar-refractivity contribution in [1.29, 1.82) is 0 Å². The summed E-state index contributed by atoms with van der Waals surface area (Å²) in [6, 6.07) is 2.07. The Morgan fingerprint density at radius 3 is 3.00 bits per heavy atom. The van der Waals surface area contributed by atoms with Gasteiger partial charge in [0.1, 0.15) is 0 Å². The number of nitrogens with zero attached hydrogens (tertiary/aromatic N) is 3. The Morgan fingerprint density at radius 2 is 2.42 bits per heavy atom. The Balaban J connectivity index is 2.33. The third-order valence-electron chi connectivity index (χ3n) is 2.36. The predicted octanol–water partition coefficient (Wildman–Crippen LogP) is 2.08. The fourth-order valence-corrected chi connectivity index (χ4v) is 2.97. The molecule has 2 aromatic rings. The van der Waals surface area contributed by atoms with Crippen LogP contribution in [-0.2, 0) is 11.3 Å². The van der Waals surface area contributed by atoms with Gasteiger partial charge in [0.05, 0.1) is 5.75 Å². The van der Waals surface area contributed by atoms with Gasteiger partial charge in [0.25, 0.3) is 0 Å². The van der Waals surface area contributed by atoms with Gasteiger partial charge in [0.15, 0.2) is 11.0 Å². The number of carbonyl (C=O) groups is 1. The molecular weight excluding hydrogens is 280 g/mol. The number of thioether (sulfide) groups is 1. The molecule has 0 aliphatic carbocycles. The number of hydrogen-bond acceptors (Lipinski definition) is 5. The first-order valence-electron chi connectivity index (χ1n) is 5.62. The summed E-state index contributed by atoms with van der Waals surface area (Å²) in [6.07, 6.45) is 1.78. The van der Waals surface area contributed by atoms with Crippen molar-refractivity contribution in [2.24, 2.45) is 5.73 Å². The third-order valence-corrected chi connectivity index (χ3v) is 4.21. The van der Waals surface area contributed by atoms with Crippen molar-refractivity contribution in [3.63, 3.8) is 0 Å². The van der Waals surface area contributed by atoms with Gasteiger partial charge in [-0.2, -0.15) is 0 Å². The normalized spacial score (nSPS) is 10.6. The van der Waals surface area contributed by atoms with Gasteiger partial charge >= 0.3 is 0 Å². The van der Waals surface area contributed by atoms with E-state index in [2.05, 4.69) is 22.8 Å². The second-order valence-electron chi connectivity index (χ2n) is 3.91. The molecule has 2 heterocycles. The molecule has 0 bridgehead atoms. The standard InChI is InChI=1S/C12H14N4OS2/c1-3-4-16-11(9-5-8(2)18-6-9)14-15-12(16)19-7-10(13)17/h3,5-6H,1,4,7H2,2H3,(H2,13,17). The van der Waals surface area contributed by atoms with Crippen LogP contribution in [0.25, 0.3) is 11.4 Å². The molecule has 0 spiro atoms. The summed E-state index contributed by atoms with van der Waals surface area (Å²) in [7, 11) is 0. The first-order chi connectivity index (χ1) is 9.11. The summed E-state index contributed by atoms with van der Waals surface area (Å²) in [6.45, 7) is 6.38. The molecule has 0 aliphatic rings. The molecule has 0 radical (unpaired) electrons. The molecule has 0 fully saturated rings. The molecule has 2 N–H and O–H groups in total. The number of carbonyl (C=O) groups excluding carboxylic acids is 1. The SMILES string of the molecule is C=CCn1c(SCC(N)=O)nnc1-c1csc(C)c1. The van der Waals surface area contributed by atoms with E-state index in [4.69, 9.17) is 5.73 Å². The van der Waals surface area contributed by atoms with Gasteiger partial charge in [0.2, 0.25) is 5.91 Å². The van der Waals surface area contributed by atoms with Crippen LogP contribution in [0.2, 0.25) is 0 Å². The predicted molar refractivity (Wildman–Crippen MR) is 78.2 cm³/mol. The fourth-order valence-electron chi connectivity index (χ4n) is 1.60. The van der Waals surface area contributed by atoms with Crippen LogP contribution in [-0.4, -0.2) is 26.4 Å². The quantitative estimate of drug-likeness (QED) is 0.654. The number of amides is 1. The Labute approximate surface area is 119 Å². The van der Waals surface area contributed by atoms with Gasteiger partial charge in [-0.15, -0.1) is 28.1 Å². The second-order valence-corrected chi connectivity index (χ2v) is 5.96. The van der Waals surface area contributed by atoms with E-state index in [1.165, 1.54) is 16.6 Å². The van der Waals surface area contributed by atoms with E-state index >= 15 is 0 Å². The van der Waals surface area contributed by atoms with Crippen molar-refractivity contribution in [3.8, 4) is 11.4 Å². The molecule has 0 atom stereocenters. The maximum Gasteiger partial charge on any atom is 0.227 e. The van der Waals surface area contributed by atoms with Gasteiger partial charge in [-0.1, -0.05) is 17.8 Å². The summed E-state index contributed by atoms with van der Waals surface area (Å²) in [4.78, 5) is 12.1. The minimum Gasteiger partial charge on any atom is -0.369 e. The highest BCUT2D eigenvalue weighted by atomic mass is 32.2. The number of allylic oxidation sites excluding steroid dienone is 1. The molecule has 0 aromatic carbocycles. The van der Waals surface area contributed by atoms with Crippen LogP contribution in [0.1, 0.15) is 4.88 Å². The van der Waals surface area contributed by atoms with Crippen LogP contribution in [0.3, 0.4) is 0 Å². The van der Waals surface area contributed by atoms with E-state index < -0.39 is 0 Å². The van der Waals surface area contributed by atoms with E-state index in [9.17, 15) is 4.79 Å². The molecule has 100 valence electrons. The Kier molecular flexibility index (Phi) is 4.39. The number of rotatable bonds is 6. The Morgan fingerprint density at radius 1 is 1.63 bits per heavy atom. The van der Waals surface area contributed by atoms with Crippen molar-refractivity contribution < 1.29 is 4.79 Å². The number of thiophene rings is 1. The molecule has 0 aliphatic heterocycles. The van der Waals surface area contributed by atoms with Gasteiger partial charge in [-0.3, -0.25) is 9.36 Å². The lowest BCUT2D eigenvalue weighted by Crippen LogP contribution is -2.13. The van der Waals surface area contributed by atoms with Gasteiger partial charge in [-0.05, 0) is 13.0 Å². The fraction of sp³-hybridized carbons (Fsp3) is 0.250. The highest BCUT2D eigenvalue weighted by Crippen LogP contribution is 2.27. The molecule has 5 nitrogen and oxygen atoms in total. The zero-order valence-electron chi connectivity index (χ0n) is 10.5. The van der Waals surface area contributed by atoms with Crippen LogP contribution in [0.5, 0.6) is 0 Å². The third kappa shape index (κ3) is 3.24.